The average Bonchev–Trinajstić information content (AvgIpc) is 2.91. The van der Waals surface area contributed by atoms with Crippen LogP contribution in [0.25, 0.3) is 0 Å². The Kier molecular flexibility index (Phi) is 4.18. The molecule has 19 heavy (non-hydrogen) atoms. The molecular formula is C15H15FN2S. The number of hydrogen-bond donors (Lipinski definition) is 1. The second-order valence-electron chi connectivity index (χ2n) is 4.69. The minimum absolute atomic E-state index is 0.0682. The lowest BCUT2D eigenvalue weighted by atomic mass is 10.0. The number of hydrogen-bond acceptors (Lipinski definition) is 3. The van der Waals surface area contributed by atoms with Gasteiger partial charge >= 0.3 is 0 Å². The summed E-state index contributed by atoms with van der Waals surface area (Å²) in [7, 11) is 0. The van der Waals surface area contributed by atoms with Gasteiger partial charge in [0.2, 0.25) is 0 Å². The zero-order valence-corrected chi connectivity index (χ0v) is 11.7. The molecule has 0 bridgehead atoms. The smallest absolute Gasteiger partial charge is 0.141 e. The molecule has 1 aromatic carbocycles. The molecule has 1 atom stereocenters. The van der Waals surface area contributed by atoms with Crippen LogP contribution in [0.3, 0.4) is 0 Å². The van der Waals surface area contributed by atoms with Gasteiger partial charge in [0.1, 0.15) is 11.9 Å². The Hall–Kier alpha value is -1.86. The third kappa shape index (κ3) is 3.12. The van der Waals surface area contributed by atoms with Gasteiger partial charge in [-0.15, -0.1) is 11.3 Å². The summed E-state index contributed by atoms with van der Waals surface area (Å²) in [5.74, 6) is -0.0838. The van der Waals surface area contributed by atoms with Crippen molar-refractivity contribution in [2.24, 2.45) is 5.92 Å². The molecule has 1 aromatic heterocycles. The van der Waals surface area contributed by atoms with Crippen LogP contribution < -0.4 is 5.32 Å². The number of rotatable bonds is 4. The van der Waals surface area contributed by atoms with E-state index in [-0.39, 0.29) is 11.6 Å². The van der Waals surface area contributed by atoms with Crippen molar-refractivity contribution < 1.29 is 4.39 Å². The van der Waals surface area contributed by atoms with E-state index in [1.165, 1.54) is 10.9 Å². The number of nitrogens with zero attached hydrogens (tertiary/aromatic N) is 1. The summed E-state index contributed by atoms with van der Waals surface area (Å²) in [4.78, 5) is 1.23. The standard InChI is InChI=1S/C15H15FN2S/c1-10(2)15(14-4-3-7-19-14)18-12-5-6-13(16)11(8-12)9-17/h3-8,10,15,18H,1-2H3. The van der Waals surface area contributed by atoms with Gasteiger partial charge in [0.25, 0.3) is 0 Å². The van der Waals surface area contributed by atoms with Crippen molar-refractivity contribution in [1.82, 2.24) is 0 Å². The number of nitrogens with one attached hydrogen (secondary N) is 1. The Morgan fingerprint density at radius 2 is 2.11 bits per heavy atom. The molecule has 2 rings (SSSR count). The predicted molar refractivity (Wildman–Crippen MR) is 76.6 cm³/mol. The van der Waals surface area contributed by atoms with Crippen LogP contribution in [0.1, 0.15) is 30.3 Å². The molecule has 0 aliphatic heterocycles. The van der Waals surface area contributed by atoms with Crippen molar-refractivity contribution in [1.29, 1.82) is 5.26 Å². The summed E-state index contributed by atoms with van der Waals surface area (Å²) in [6, 6.07) is 10.7. The molecule has 0 aliphatic rings. The van der Waals surface area contributed by atoms with Crippen LogP contribution in [-0.4, -0.2) is 0 Å². The summed E-state index contributed by atoms with van der Waals surface area (Å²) in [6.07, 6.45) is 0. The quantitative estimate of drug-likeness (QED) is 0.886. The lowest BCUT2D eigenvalue weighted by molar-refractivity contribution is 0.553. The first-order valence-corrected chi connectivity index (χ1v) is 6.99. The van der Waals surface area contributed by atoms with E-state index >= 15 is 0 Å². The van der Waals surface area contributed by atoms with E-state index in [2.05, 4.69) is 25.2 Å². The third-order valence-corrected chi connectivity index (χ3v) is 3.88. The average molecular weight is 274 g/mol. The van der Waals surface area contributed by atoms with E-state index in [4.69, 9.17) is 5.26 Å². The van der Waals surface area contributed by atoms with E-state index in [1.807, 2.05) is 17.5 Å². The second kappa shape index (κ2) is 5.85. The Morgan fingerprint density at radius 1 is 1.32 bits per heavy atom. The van der Waals surface area contributed by atoms with Crippen LogP contribution in [0, 0.1) is 23.1 Å². The highest BCUT2D eigenvalue weighted by Gasteiger charge is 2.17. The number of benzene rings is 1. The fourth-order valence-electron chi connectivity index (χ4n) is 1.91. The first kappa shape index (κ1) is 13.6. The number of halogens is 1. The molecule has 0 radical (unpaired) electrons. The van der Waals surface area contributed by atoms with Gasteiger partial charge in [-0.05, 0) is 35.6 Å². The fourth-order valence-corrected chi connectivity index (χ4v) is 2.86. The maximum Gasteiger partial charge on any atom is 0.141 e. The minimum atomic E-state index is -0.481. The van der Waals surface area contributed by atoms with Crippen molar-refractivity contribution in [3.05, 3.63) is 52.0 Å². The van der Waals surface area contributed by atoms with E-state index in [9.17, 15) is 4.39 Å². The van der Waals surface area contributed by atoms with Gasteiger partial charge in [0.15, 0.2) is 0 Å². The topological polar surface area (TPSA) is 35.8 Å². The summed E-state index contributed by atoms with van der Waals surface area (Å²) in [6.45, 7) is 4.26. The molecule has 1 N–H and O–H groups in total. The van der Waals surface area contributed by atoms with Crippen molar-refractivity contribution in [2.45, 2.75) is 19.9 Å². The Balaban J connectivity index is 2.26. The molecule has 2 aromatic rings. The van der Waals surface area contributed by atoms with E-state index in [0.717, 1.165) is 5.69 Å². The largest absolute Gasteiger partial charge is 0.377 e. The van der Waals surface area contributed by atoms with Crippen molar-refractivity contribution in [3.63, 3.8) is 0 Å². The Morgan fingerprint density at radius 3 is 2.68 bits per heavy atom. The maximum atomic E-state index is 13.3. The molecule has 4 heteroatoms. The SMILES string of the molecule is CC(C)C(Nc1ccc(F)c(C#N)c1)c1cccs1. The van der Waals surface area contributed by atoms with Crippen LogP contribution in [-0.2, 0) is 0 Å². The van der Waals surface area contributed by atoms with Crippen molar-refractivity contribution in [3.8, 4) is 6.07 Å². The van der Waals surface area contributed by atoms with Gasteiger partial charge in [-0.25, -0.2) is 4.39 Å². The van der Waals surface area contributed by atoms with Gasteiger partial charge in [0, 0.05) is 10.6 Å². The zero-order chi connectivity index (χ0) is 13.8. The number of nitriles is 1. The molecule has 1 unspecified atom stereocenters. The predicted octanol–water partition coefficient (Wildman–Crippen LogP) is 4.57. The third-order valence-electron chi connectivity index (χ3n) is 2.93. The summed E-state index contributed by atoms with van der Waals surface area (Å²) >= 11 is 1.69. The van der Waals surface area contributed by atoms with Crippen LogP contribution in [0.2, 0.25) is 0 Å². The lowest BCUT2D eigenvalue weighted by Crippen LogP contribution is -2.15. The molecule has 2 nitrogen and oxygen atoms in total. The van der Waals surface area contributed by atoms with Gasteiger partial charge < -0.3 is 5.32 Å². The van der Waals surface area contributed by atoms with Crippen molar-refractivity contribution in [2.75, 3.05) is 5.32 Å². The molecule has 0 spiro atoms. The van der Waals surface area contributed by atoms with Gasteiger partial charge in [-0.2, -0.15) is 5.26 Å². The number of anilines is 1. The first-order valence-electron chi connectivity index (χ1n) is 6.11. The molecule has 0 aliphatic carbocycles. The summed E-state index contributed by atoms with van der Waals surface area (Å²) < 4.78 is 13.3. The van der Waals surface area contributed by atoms with E-state index in [1.54, 1.807) is 23.5 Å². The van der Waals surface area contributed by atoms with Crippen LogP contribution in [0.15, 0.2) is 35.7 Å². The fraction of sp³-hybridized carbons (Fsp3) is 0.267. The molecule has 98 valence electrons. The lowest BCUT2D eigenvalue weighted by Gasteiger charge is -2.22. The van der Waals surface area contributed by atoms with Crippen LogP contribution >= 0.6 is 11.3 Å². The second-order valence-corrected chi connectivity index (χ2v) is 5.67. The van der Waals surface area contributed by atoms with Crippen LogP contribution in [0.4, 0.5) is 10.1 Å². The molecule has 0 amide bonds. The van der Waals surface area contributed by atoms with Gasteiger partial charge in [-0.1, -0.05) is 19.9 Å². The van der Waals surface area contributed by atoms with E-state index < -0.39 is 5.82 Å². The highest BCUT2D eigenvalue weighted by molar-refractivity contribution is 7.10. The first-order chi connectivity index (χ1) is 9.11. The minimum Gasteiger partial charge on any atom is -0.377 e. The highest BCUT2D eigenvalue weighted by atomic mass is 32.1. The van der Waals surface area contributed by atoms with Gasteiger partial charge in [-0.3, -0.25) is 0 Å². The summed E-state index contributed by atoms with van der Waals surface area (Å²) in [5.41, 5.74) is 0.837. The molecule has 0 fully saturated rings. The van der Waals surface area contributed by atoms with Crippen LogP contribution in [0.5, 0.6) is 0 Å². The Labute approximate surface area is 116 Å². The van der Waals surface area contributed by atoms with Gasteiger partial charge in [0.05, 0.1) is 11.6 Å². The Bertz CT molecular complexity index is 585. The van der Waals surface area contributed by atoms with E-state index in [0.29, 0.717) is 5.92 Å². The molecule has 0 saturated heterocycles. The molecule has 1 heterocycles. The molecule has 0 saturated carbocycles. The maximum absolute atomic E-state index is 13.3. The normalized spacial score (nSPS) is 12.2. The summed E-state index contributed by atoms with van der Waals surface area (Å²) in [5, 5.41) is 14.3. The monoisotopic (exact) mass is 274 g/mol. The number of thiophene rings is 1. The highest BCUT2D eigenvalue weighted by Crippen LogP contribution is 2.30. The molecular weight excluding hydrogens is 259 g/mol. The zero-order valence-electron chi connectivity index (χ0n) is 10.9. The van der Waals surface area contributed by atoms with Crippen molar-refractivity contribution >= 4 is 17.0 Å².